The minimum atomic E-state index is -0.453. The number of non-ortho nitro benzene ring substituents is 1. The van der Waals surface area contributed by atoms with Crippen LogP contribution in [0.5, 0.6) is 0 Å². The van der Waals surface area contributed by atoms with Gasteiger partial charge >= 0.3 is 0 Å². The molecule has 30 heavy (non-hydrogen) atoms. The van der Waals surface area contributed by atoms with Gasteiger partial charge in [0.05, 0.1) is 22.2 Å². The zero-order valence-corrected chi connectivity index (χ0v) is 17.9. The van der Waals surface area contributed by atoms with Crippen molar-refractivity contribution in [1.29, 1.82) is 0 Å². The Balaban J connectivity index is 1.63. The van der Waals surface area contributed by atoms with E-state index in [9.17, 15) is 14.9 Å². The van der Waals surface area contributed by atoms with E-state index in [0.29, 0.717) is 39.2 Å². The Hall–Kier alpha value is -2.90. The normalized spacial score (nSPS) is 11.9. The summed E-state index contributed by atoms with van der Waals surface area (Å²) in [6, 6.07) is 11.0. The highest BCUT2D eigenvalue weighted by Gasteiger charge is 2.20. The number of nitrogens with zero attached hydrogens (tertiary/aromatic N) is 3. The molecule has 0 aliphatic heterocycles. The van der Waals surface area contributed by atoms with Gasteiger partial charge in [-0.25, -0.2) is 4.98 Å². The molecule has 7 nitrogen and oxygen atoms in total. The van der Waals surface area contributed by atoms with Crippen molar-refractivity contribution in [3.05, 3.63) is 80.3 Å². The first-order chi connectivity index (χ1) is 14.3. The summed E-state index contributed by atoms with van der Waals surface area (Å²) in [6.07, 6.45) is 2.06. The second-order valence-corrected chi connectivity index (χ2v) is 7.62. The molecule has 3 aromatic rings. The molecule has 0 spiro atoms. The monoisotopic (exact) mass is 447 g/mol. The van der Waals surface area contributed by atoms with E-state index in [1.807, 2.05) is 6.92 Å². The molecule has 1 amide bonds. The van der Waals surface area contributed by atoms with Gasteiger partial charge in [0.1, 0.15) is 0 Å². The average molecular weight is 448 g/mol. The van der Waals surface area contributed by atoms with E-state index in [1.165, 1.54) is 12.1 Å². The van der Waals surface area contributed by atoms with Crippen molar-refractivity contribution in [3.8, 4) is 11.3 Å². The van der Waals surface area contributed by atoms with Gasteiger partial charge in [0.2, 0.25) is 5.91 Å². The predicted molar refractivity (Wildman–Crippen MR) is 115 cm³/mol. The molecule has 0 saturated heterocycles. The van der Waals surface area contributed by atoms with Gasteiger partial charge in [-0.2, -0.15) is 0 Å². The molecular formula is C21H19Cl2N3O4. The van der Waals surface area contributed by atoms with Crippen LogP contribution in [-0.4, -0.2) is 27.8 Å². The zero-order chi connectivity index (χ0) is 21.8. The molecule has 1 atom stereocenters. The Morgan fingerprint density at radius 3 is 2.73 bits per heavy atom. The maximum atomic E-state index is 12.6. The lowest BCUT2D eigenvalue weighted by molar-refractivity contribution is -0.384. The molecule has 156 valence electrons. The van der Waals surface area contributed by atoms with Crippen molar-refractivity contribution < 1.29 is 14.1 Å². The third-order valence-corrected chi connectivity index (χ3v) is 5.39. The molecule has 2 aromatic carbocycles. The van der Waals surface area contributed by atoms with Crippen LogP contribution in [0.3, 0.4) is 0 Å². The molecule has 3 rings (SSSR count). The predicted octanol–water partition coefficient (Wildman–Crippen LogP) is 5.71. The molecule has 9 heteroatoms. The highest BCUT2D eigenvalue weighted by atomic mass is 35.5. The number of hydrogen-bond donors (Lipinski definition) is 0. The molecule has 0 aliphatic rings. The average Bonchev–Trinajstić information content (AvgIpc) is 3.19. The first kappa shape index (κ1) is 21.8. The van der Waals surface area contributed by atoms with E-state index in [0.717, 1.165) is 0 Å². The lowest BCUT2D eigenvalue weighted by atomic mass is 10.1. The molecule has 1 heterocycles. The third kappa shape index (κ3) is 4.98. The number of amides is 1. The largest absolute Gasteiger partial charge is 0.441 e. The summed E-state index contributed by atoms with van der Waals surface area (Å²) in [7, 11) is 1.67. The van der Waals surface area contributed by atoms with Crippen molar-refractivity contribution in [2.75, 3.05) is 7.05 Å². The Morgan fingerprint density at radius 2 is 2.03 bits per heavy atom. The standard InChI is InChI=1S/C21H19Cl2N3O4/c1-13(14-4-3-5-16(10-14)26(28)29)25(2)21(27)9-8-20-24-12-19(30-20)17-7-6-15(22)11-18(17)23/h3-7,10-13H,8-9H2,1-2H3. The van der Waals surface area contributed by atoms with Gasteiger partial charge < -0.3 is 9.32 Å². The summed E-state index contributed by atoms with van der Waals surface area (Å²) >= 11 is 12.1. The lowest BCUT2D eigenvalue weighted by Gasteiger charge is -2.25. The highest BCUT2D eigenvalue weighted by Crippen LogP contribution is 2.31. The Labute approximate surface area is 183 Å². The van der Waals surface area contributed by atoms with E-state index in [1.54, 1.807) is 48.5 Å². The number of hydrogen-bond acceptors (Lipinski definition) is 5. The van der Waals surface area contributed by atoms with Gasteiger partial charge in [0.25, 0.3) is 5.69 Å². The number of carbonyl (C=O) groups excluding carboxylic acids is 1. The number of benzene rings is 2. The number of rotatable bonds is 7. The fourth-order valence-corrected chi connectivity index (χ4v) is 3.47. The maximum Gasteiger partial charge on any atom is 0.269 e. The van der Waals surface area contributed by atoms with Gasteiger partial charge in [-0.1, -0.05) is 35.3 Å². The van der Waals surface area contributed by atoms with Crippen LogP contribution in [0.25, 0.3) is 11.3 Å². The van der Waals surface area contributed by atoms with Crippen molar-refractivity contribution >= 4 is 34.8 Å². The fraction of sp³-hybridized carbons (Fsp3) is 0.238. The number of aryl methyl sites for hydroxylation is 1. The van der Waals surface area contributed by atoms with Crippen LogP contribution in [0.4, 0.5) is 5.69 Å². The second kappa shape index (κ2) is 9.28. The van der Waals surface area contributed by atoms with Crippen LogP contribution >= 0.6 is 23.2 Å². The summed E-state index contributed by atoms with van der Waals surface area (Å²) in [4.78, 5) is 28.9. The summed E-state index contributed by atoms with van der Waals surface area (Å²) in [5.74, 6) is 0.788. The van der Waals surface area contributed by atoms with Gasteiger partial charge in [0.15, 0.2) is 11.7 Å². The number of aromatic nitrogens is 1. The van der Waals surface area contributed by atoms with E-state index in [2.05, 4.69) is 4.98 Å². The molecule has 0 radical (unpaired) electrons. The van der Waals surface area contributed by atoms with Crippen LogP contribution < -0.4 is 0 Å². The molecule has 0 aliphatic carbocycles. The summed E-state index contributed by atoms with van der Waals surface area (Å²) in [5.41, 5.74) is 1.35. The molecule has 1 aromatic heterocycles. The topological polar surface area (TPSA) is 89.5 Å². The summed E-state index contributed by atoms with van der Waals surface area (Å²) < 4.78 is 5.72. The first-order valence-corrected chi connectivity index (χ1v) is 9.92. The van der Waals surface area contributed by atoms with Crippen LogP contribution in [0.15, 0.2) is 53.1 Å². The molecule has 0 bridgehead atoms. The van der Waals surface area contributed by atoms with Gasteiger partial charge in [-0.05, 0) is 30.7 Å². The van der Waals surface area contributed by atoms with Crippen LogP contribution in [-0.2, 0) is 11.2 Å². The van der Waals surface area contributed by atoms with Crippen LogP contribution in [0, 0.1) is 10.1 Å². The second-order valence-electron chi connectivity index (χ2n) is 6.78. The highest BCUT2D eigenvalue weighted by molar-refractivity contribution is 6.36. The van der Waals surface area contributed by atoms with Crippen LogP contribution in [0.1, 0.15) is 30.8 Å². The summed E-state index contributed by atoms with van der Waals surface area (Å²) in [5, 5.41) is 11.9. The minimum absolute atomic E-state index is 0.00613. The molecule has 0 saturated carbocycles. The van der Waals surface area contributed by atoms with E-state index in [4.69, 9.17) is 27.6 Å². The molecule has 0 fully saturated rings. The number of nitro benzene ring substituents is 1. The van der Waals surface area contributed by atoms with E-state index in [-0.39, 0.29) is 24.1 Å². The lowest BCUT2D eigenvalue weighted by Crippen LogP contribution is -2.29. The Morgan fingerprint density at radius 1 is 1.27 bits per heavy atom. The molecular weight excluding hydrogens is 429 g/mol. The van der Waals surface area contributed by atoms with E-state index >= 15 is 0 Å². The van der Waals surface area contributed by atoms with Crippen molar-refractivity contribution in [3.63, 3.8) is 0 Å². The smallest absolute Gasteiger partial charge is 0.269 e. The number of oxazole rings is 1. The maximum absolute atomic E-state index is 12.6. The van der Waals surface area contributed by atoms with E-state index < -0.39 is 4.92 Å². The number of carbonyl (C=O) groups is 1. The van der Waals surface area contributed by atoms with Gasteiger partial charge in [0, 0.05) is 42.6 Å². The van der Waals surface area contributed by atoms with Gasteiger partial charge in [-0.15, -0.1) is 0 Å². The summed E-state index contributed by atoms with van der Waals surface area (Å²) in [6.45, 7) is 1.82. The van der Waals surface area contributed by atoms with Crippen molar-refractivity contribution in [1.82, 2.24) is 9.88 Å². The fourth-order valence-electron chi connectivity index (χ4n) is 2.97. The third-order valence-electron chi connectivity index (χ3n) is 4.84. The first-order valence-electron chi connectivity index (χ1n) is 9.16. The molecule has 0 N–H and O–H groups in total. The van der Waals surface area contributed by atoms with Crippen LogP contribution in [0.2, 0.25) is 10.0 Å². The minimum Gasteiger partial charge on any atom is -0.441 e. The van der Waals surface area contributed by atoms with Gasteiger partial charge in [-0.3, -0.25) is 14.9 Å². The number of halogens is 2. The Kier molecular flexibility index (Phi) is 6.74. The van der Waals surface area contributed by atoms with Crippen molar-refractivity contribution in [2.45, 2.75) is 25.8 Å². The molecule has 1 unspecified atom stereocenters. The Bertz CT molecular complexity index is 1080. The number of nitro groups is 1. The van der Waals surface area contributed by atoms with Crippen molar-refractivity contribution in [2.24, 2.45) is 0 Å². The quantitative estimate of drug-likeness (QED) is 0.341. The zero-order valence-electron chi connectivity index (χ0n) is 16.3. The SMILES string of the molecule is CC(c1cccc([N+](=O)[O-])c1)N(C)C(=O)CCc1ncc(-c2ccc(Cl)cc2Cl)o1.